The van der Waals surface area contributed by atoms with E-state index in [2.05, 4.69) is 23.9 Å². The highest BCUT2D eigenvalue weighted by Crippen LogP contribution is 2.34. The van der Waals surface area contributed by atoms with Gasteiger partial charge in [0.1, 0.15) is 11.5 Å². The van der Waals surface area contributed by atoms with Crippen LogP contribution in [0.25, 0.3) is 22.3 Å². The first-order valence-electron chi connectivity index (χ1n) is 11.4. The zero-order valence-electron chi connectivity index (χ0n) is 20.7. The van der Waals surface area contributed by atoms with Gasteiger partial charge in [-0.2, -0.15) is 5.10 Å². The average Bonchev–Trinajstić information content (AvgIpc) is 3.37. The third-order valence-corrected chi connectivity index (χ3v) is 5.66. The monoisotopic (exact) mass is 477 g/mol. The maximum Gasteiger partial charge on any atom is 0.124 e. The molecule has 1 N–H and O–H groups in total. The second kappa shape index (κ2) is 10.7. The van der Waals surface area contributed by atoms with Gasteiger partial charge < -0.3 is 24.2 Å². The van der Waals surface area contributed by atoms with Gasteiger partial charge in [0.25, 0.3) is 0 Å². The van der Waals surface area contributed by atoms with E-state index in [1.54, 1.807) is 33.7 Å². The van der Waals surface area contributed by atoms with Gasteiger partial charge in [-0.05, 0) is 32.0 Å². The van der Waals surface area contributed by atoms with Gasteiger partial charge >= 0.3 is 0 Å². The van der Waals surface area contributed by atoms with Crippen LogP contribution in [0.3, 0.4) is 0 Å². The average molecular weight is 478 g/mol. The van der Waals surface area contributed by atoms with Crippen LogP contribution in [-0.4, -0.2) is 65.4 Å². The molecule has 0 spiro atoms. The van der Waals surface area contributed by atoms with E-state index in [0.29, 0.717) is 18.0 Å². The van der Waals surface area contributed by atoms with E-state index in [1.165, 1.54) is 0 Å². The number of aromatic nitrogens is 4. The first-order valence-corrected chi connectivity index (χ1v) is 11.4. The molecular formula is C26H31N5O4. The zero-order valence-corrected chi connectivity index (χ0v) is 20.7. The molecule has 0 aliphatic rings. The topological polar surface area (TPSA) is 94.8 Å². The summed E-state index contributed by atoms with van der Waals surface area (Å²) >= 11 is 0. The molecule has 1 unspecified atom stereocenters. The summed E-state index contributed by atoms with van der Waals surface area (Å²) in [6.45, 7) is 4.66. The zero-order chi connectivity index (χ0) is 24.9. The number of fused-ring (bicyclic) bond motifs is 1. The number of aliphatic hydroxyl groups excluding tert-OH is 1. The number of anilines is 2. The Morgan fingerprint density at radius 1 is 0.943 bits per heavy atom. The van der Waals surface area contributed by atoms with E-state index in [-0.39, 0.29) is 12.6 Å². The van der Waals surface area contributed by atoms with Crippen molar-refractivity contribution < 1.29 is 19.3 Å². The van der Waals surface area contributed by atoms with Crippen LogP contribution in [0.1, 0.15) is 19.9 Å². The summed E-state index contributed by atoms with van der Waals surface area (Å²) in [5, 5.41) is 15.0. The normalized spacial score (nSPS) is 12.2. The maximum atomic E-state index is 10.6. The molecule has 0 saturated heterocycles. The molecule has 0 bridgehead atoms. The van der Waals surface area contributed by atoms with Gasteiger partial charge in [0.15, 0.2) is 0 Å². The lowest BCUT2D eigenvalue weighted by molar-refractivity contribution is 0.0702. The predicted molar refractivity (Wildman–Crippen MR) is 136 cm³/mol. The third kappa shape index (κ3) is 5.52. The summed E-state index contributed by atoms with van der Waals surface area (Å²) in [4.78, 5) is 11.4. The quantitative estimate of drug-likeness (QED) is 0.363. The molecule has 2 aromatic heterocycles. The second-order valence-electron chi connectivity index (χ2n) is 8.52. The lowest BCUT2D eigenvalue weighted by atomic mass is 10.1. The highest BCUT2D eigenvalue weighted by atomic mass is 16.5. The number of rotatable bonds is 10. The van der Waals surface area contributed by atoms with Crippen LogP contribution in [0.5, 0.6) is 11.5 Å². The lowest BCUT2D eigenvalue weighted by Crippen LogP contribution is -2.31. The standard InChI is InChI=1S/C26H31N5O4/c1-17(2)31-14-18(12-28-31)26-13-27-24-7-6-19(10-25(24)29-26)30(15-21(32)16-33-3)20-8-22(34-4)11-23(9-20)35-5/h6-14,17,21,32H,15-16H2,1-5H3. The van der Waals surface area contributed by atoms with Gasteiger partial charge in [-0.25, -0.2) is 4.98 Å². The Kier molecular flexibility index (Phi) is 7.48. The van der Waals surface area contributed by atoms with Crippen molar-refractivity contribution in [2.24, 2.45) is 0 Å². The predicted octanol–water partition coefficient (Wildman–Crippen LogP) is 4.24. The van der Waals surface area contributed by atoms with Crippen molar-refractivity contribution in [1.82, 2.24) is 19.7 Å². The minimum absolute atomic E-state index is 0.203. The number of aliphatic hydroxyl groups is 1. The Morgan fingerprint density at radius 2 is 1.69 bits per heavy atom. The van der Waals surface area contributed by atoms with E-state index in [1.807, 2.05) is 52.2 Å². The largest absolute Gasteiger partial charge is 0.497 e. The van der Waals surface area contributed by atoms with E-state index in [4.69, 9.17) is 19.2 Å². The Morgan fingerprint density at radius 3 is 2.31 bits per heavy atom. The number of nitrogens with zero attached hydrogens (tertiary/aromatic N) is 5. The first kappa shape index (κ1) is 24.4. The van der Waals surface area contributed by atoms with Crippen molar-refractivity contribution in [3.8, 4) is 22.8 Å². The lowest BCUT2D eigenvalue weighted by Gasteiger charge is -2.28. The highest BCUT2D eigenvalue weighted by Gasteiger charge is 2.18. The minimum Gasteiger partial charge on any atom is -0.497 e. The van der Waals surface area contributed by atoms with Crippen LogP contribution in [0.2, 0.25) is 0 Å². The van der Waals surface area contributed by atoms with Crippen molar-refractivity contribution in [1.29, 1.82) is 0 Å². The fourth-order valence-corrected chi connectivity index (χ4v) is 3.82. The molecule has 0 saturated carbocycles. The van der Waals surface area contributed by atoms with Crippen LogP contribution in [0.4, 0.5) is 11.4 Å². The molecule has 0 aliphatic carbocycles. The van der Waals surface area contributed by atoms with Crippen molar-refractivity contribution in [2.45, 2.75) is 26.0 Å². The van der Waals surface area contributed by atoms with E-state index >= 15 is 0 Å². The smallest absolute Gasteiger partial charge is 0.124 e. The van der Waals surface area contributed by atoms with Gasteiger partial charge in [0, 0.05) is 54.5 Å². The van der Waals surface area contributed by atoms with E-state index in [9.17, 15) is 5.11 Å². The van der Waals surface area contributed by atoms with Crippen molar-refractivity contribution in [3.05, 3.63) is 55.0 Å². The SMILES string of the molecule is COCC(O)CN(c1cc(OC)cc(OC)c1)c1ccc2ncc(-c3cnn(C(C)C)c3)nc2c1. The van der Waals surface area contributed by atoms with Gasteiger partial charge in [-0.3, -0.25) is 9.67 Å². The van der Waals surface area contributed by atoms with Gasteiger partial charge in [-0.1, -0.05) is 0 Å². The van der Waals surface area contributed by atoms with Gasteiger partial charge in [0.05, 0.1) is 62.6 Å². The molecule has 0 radical (unpaired) electrons. The van der Waals surface area contributed by atoms with Crippen LogP contribution >= 0.6 is 0 Å². The summed E-state index contributed by atoms with van der Waals surface area (Å²) in [5.41, 5.74) is 4.80. The summed E-state index contributed by atoms with van der Waals surface area (Å²) in [6.07, 6.45) is 4.82. The molecule has 9 nitrogen and oxygen atoms in total. The van der Waals surface area contributed by atoms with Crippen molar-refractivity contribution >= 4 is 22.4 Å². The summed E-state index contributed by atoms with van der Waals surface area (Å²) in [5.74, 6) is 1.30. The molecule has 9 heteroatoms. The Balaban J connectivity index is 1.77. The molecule has 1 atom stereocenters. The fraction of sp³-hybridized carbons (Fsp3) is 0.346. The molecule has 4 rings (SSSR count). The number of ether oxygens (including phenoxy) is 3. The summed E-state index contributed by atoms with van der Waals surface area (Å²) < 4.78 is 18.0. The van der Waals surface area contributed by atoms with Crippen molar-refractivity contribution in [3.63, 3.8) is 0 Å². The van der Waals surface area contributed by atoms with Crippen LogP contribution in [0.15, 0.2) is 55.0 Å². The van der Waals surface area contributed by atoms with Crippen LogP contribution in [-0.2, 0) is 4.74 Å². The highest BCUT2D eigenvalue weighted by molar-refractivity contribution is 5.82. The molecule has 184 valence electrons. The van der Waals surface area contributed by atoms with Crippen molar-refractivity contribution in [2.75, 3.05) is 39.4 Å². The molecule has 2 heterocycles. The molecule has 0 aliphatic heterocycles. The second-order valence-corrected chi connectivity index (χ2v) is 8.52. The van der Waals surface area contributed by atoms with E-state index in [0.717, 1.165) is 33.7 Å². The molecule has 4 aromatic rings. The Bertz CT molecular complexity index is 1270. The molecule has 0 amide bonds. The molecule has 35 heavy (non-hydrogen) atoms. The molecule has 0 fully saturated rings. The Hall–Kier alpha value is -3.69. The van der Waals surface area contributed by atoms with Gasteiger partial charge in [-0.15, -0.1) is 0 Å². The molecule has 2 aromatic carbocycles. The number of hydrogen-bond acceptors (Lipinski definition) is 8. The van der Waals surface area contributed by atoms with E-state index < -0.39 is 6.10 Å². The van der Waals surface area contributed by atoms with Crippen LogP contribution < -0.4 is 14.4 Å². The third-order valence-electron chi connectivity index (χ3n) is 5.66. The number of methoxy groups -OCH3 is 3. The first-order chi connectivity index (χ1) is 16.9. The van der Waals surface area contributed by atoms with Gasteiger partial charge in [0.2, 0.25) is 0 Å². The fourth-order valence-electron chi connectivity index (χ4n) is 3.82. The summed E-state index contributed by atoms with van der Waals surface area (Å²) in [6, 6.07) is 11.7. The number of benzene rings is 2. The van der Waals surface area contributed by atoms with Crippen LogP contribution in [0, 0.1) is 0 Å². The molecular weight excluding hydrogens is 446 g/mol. The minimum atomic E-state index is -0.716. The summed E-state index contributed by atoms with van der Waals surface area (Å²) in [7, 11) is 4.78. The maximum absolute atomic E-state index is 10.6. The number of hydrogen-bond donors (Lipinski definition) is 1. The Labute approximate surface area is 204 Å².